The minimum atomic E-state index is 0.00686. The van der Waals surface area contributed by atoms with Crippen LogP contribution in [0.3, 0.4) is 0 Å². The first-order valence-electron chi connectivity index (χ1n) is 9.99. The molecule has 1 unspecified atom stereocenters. The fraction of sp³-hybridized carbons (Fsp3) is 0.0370. The molecule has 1 aliphatic heterocycles. The Hall–Kier alpha value is -3.43. The van der Waals surface area contributed by atoms with Gasteiger partial charge in [0, 0.05) is 17.1 Å². The van der Waals surface area contributed by atoms with E-state index in [0.717, 1.165) is 28.3 Å². The Morgan fingerprint density at radius 1 is 0.600 bits per heavy atom. The van der Waals surface area contributed by atoms with E-state index in [1.165, 1.54) is 0 Å². The third-order valence-corrected chi connectivity index (χ3v) is 6.04. The molecule has 0 bridgehead atoms. The second-order valence-electron chi connectivity index (χ2n) is 7.01. The zero-order valence-corrected chi connectivity index (χ0v) is 17.2. The lowest BCUT2D eigenvalue weighted by molar-refractivity contribution is 0.884. The SMILES string of the molecule is [C]1=C(c2ccccc2)N(c2ccccc2)C(N(c2ccccc2)c2ccccc2)S1. The maximum Gasteiger partial charge on any atom is 0.164 e. The topological polar surface area (TPSA) is 6.48 Å². The van der Waals surface area contributed by atoms with E-state index in [1.54, 1.807) is 11.8 Å². The van der Waals surface area contributed by atoms with E-state index in [1.807, 2.05) is 0 Å². The van der Waals surface area contributed by atoms with Crippen LogP contribution in [0.5, 0.6) is 0 Å². The van der Waals surface area contributed by atoms with Crippen LogP contribution in [0.15, 0.2) is 121 Å². The molecule has 0 N–H and O–H groups in total. The minimum Gasteiger partial charge on any atom is -0.311 e. The third kappa shape index (κ3) is 3.60. The smallest absolute Gasteiger partial charge is 0.164 e. The molecule has 30 heavy (non-hydrogen) atoms. The molecule has 0 aliphatic carbocycles. The average Bonchev–Trinajstić information content (AvgIpc) is 3.26. The zero-order chi connectivity index (χ0) is 20.2. The van der Waals surface area contributed by atoms with E-state index in [2.05, 4.69) is 137 Å². The molecule has 0 spiro atoms. The molecule has 4 aromatic carbocycles. The Balaban J connectivity index is 1.64. The molecule has 1 heterocycles. The maximum absolute atomic E-state index is 3.61. The third-order valence-electron chi connectivity index (χ3n) is 5.09. The maximum atomic E-state index is 3.61. The normalized spacial score (nSPS) is 15.7. The Morgan fingerprint density at radius 3 is 1.60 bits per heavy atom. The van der Waals surface area contributed by atoms with Crippen molar-refractivity contribution in [2.24, 2.45) is 0 Å². The predicted octanol–water partition coefficient (Wildman–Crippen LogP) is 7.16. The molecule has 0 saturated heterocycles. The first-order valence-corrected chi connectivity index (χ1v) is 10.9. The molecule has 0 fully saturated rings. The van der Waals surface area contributed by atoms with Crippen molar-refractivity contribution < 1.29 is 0 Å². The molecule has 3 heteroatoms. The number of thioether (sulfide) groups is 1. The molecule has 1 radical (unpaired) electrons. The number of rotatable bonds is 5. The van der Waals surface area contributed by atoms with Gasteiger partial charge in [0.15, 0.2) is 5.50 Å². The van der Waals surface area contributed by atoms with Crippen LogP contribution in [0.2, 0.25) is 0 Å². The fourth-order valence-corrected chi connectivity index (χ4v) is 4.82. The molecule has 2 nitrogen and oxygen atoms in total. The van der Waals surface area contributed by atoms with Gasteiger partial charge in [-0.2, -0.15) is 0 Å². The van der Waals surface area contributed by atoms with Gasteiger partial charge in [-0.05, 0) is 42.0 Å². The summed E-state index contributed by atoms with van der Waals surface area (Å²) in [6.45, 7) is 0. The lowest BCUT2D eigenvalue weighted by atomic mass is 10.1. The van der Waals surface area contributed by atoms with Gasteiger partial charge in [-0.1, -0.05) is 96.7 Å². The van der Waals surface area contributed by atoms with E-state index in [-0.39, 0.29) is 5.50 Å². The first kappa shape index (κ1) is 18.6. The Kier molecular flexibility index (Phi) is 5.28. The van der Waals surface area contributed by atoms with Gasteiger partial charge in [0.25, 0.3) is 0 Å². The molecule has 0 amide bonds. The van der Waals surface area contributed by atoms with E-state index < -0.39 is 0 Å². The van der Waals surface area contributed by atoms with E-state index in [9.17, 15) is 0 Å². The summed E-state index contributed by atoms with van der Waals surface area (Å²) >= 11 is 1.71. The Morgan fingerprint density at radius 2 is 1.07 bits per heavy atom. The summed E-state index contributed by atoms with van der Waals surface area (Å²) in [7, 11) is 0. The van der Waals surface area contributed by atoms with Crippen molar-refractivity contribution in [2.45, 2.75) is 5.50 Å². The summed E-state index contributed by atoms with van der Waals surface area (Å²) in [5.41, 5.74) is 5.71. The number of nitrogens with zero attached hydrogens (tertiary/aromatic N) is 2. The van der Waals surface area contributed by atoms with Gasteiger partial charge < -0.3 is 9.80 Å². The lowest BCUT2D eigenvalue weighted by Crippen LogP contribution is -2.40. The number of para-hydroxylation sites is 3. The average molecular weight is 406 g/mol. The summed E-state index contributed by atoms with van der Waals surface area (Å²) in [6.07, 6.45) is 0. The Bertz CT molecular complexity index is 1070. The Labute approximate surface area is 182 Å². The van der Waals surface area contributed by atoms with Gasteiger partial charge in [0.2, 0.25) is 0 Å². The summed E-state index contributed by atoms with van der Waals surface area (Å²) in [6, 6.07) is 42.2. The van der Waals surface area contributed by atoms with Crippen LogP contribution in [0.1, 0.15) is 5.56 Å². The largest absolute Gasteiger partial charge is 0.311 e. The van der Waals surface area contributed by atoms with Gasteiger partial charge in [0.05, 0.1) is 11.1 Å². The van der Waals surface area contributed by atoms with Crippen molar-refractivity contribution in [3.05, 3.63) is 132 Å². The van der Waals surface area contributed by atoms with E-state index in [0.29, 0.717) is 0 Å². The number of hydrogen-bond acceptors (Lipinski definition) is 3. The number of anilines is 3. The van der Waals surface area contributed by atoms with Crippen LogP contribution in [0.4, 0.5) is 17.1 Å². The van der Waals surface area contributed by atoms with E-state index in [4.69, 9.17) is 0 Å². The minimum absolute atomic E-state index is 0.00686. The predicted molar refractivity (Wildman–Crippen MR) is 128 cm³/mol. The summed E-state index contributed by atoms with van der Waals surface area (Å²) in [5.74, 6) is 0. The first-order chi connectivity index (χ1) is 14.9. The van der Waals surface area contributed by atoms with Crippen molar-refractivity contribution in [1.29, 1.82) is 0 Å². The van der Waals surface area contributed by atoms with Gasteiger partial charge in [-0.25, -0.2) is 0 Å². The zero-order valence-electron chi connectivity index (χ0n) is 16.4. The van der Waals surface area contributed by atoms with Gasteiger partial charge in [0.1, 0.15) is 0 Å². The molecule has 0 aromatic heterocycles. The van der Waals surface area contributed by atoms with Gasteiger partial charge in [-0.3, -0.25) is 0 Å². The van der Waals surface area contributed by atoms with Crippen molar-refractivity contribution in [2.75, 3.05) is 9.80 Å². The molecule has 5 rings (SSSR count). The molecule has 145 valence electrons. The highest BCUT2D eigenvalue weighted by Crippen LogP contribution is 2.45. The van der Waals surface area contributed by atoms with Crippen LogP contribution in [0.25, 0.3) is 5.70 Å². The number of benzene rings is 4. The number of hydrogen-bond donors (Lipinski definition) is 0. The molecular weight excluding hydrogens is 384 g/mol. The van der Waals surface area contributed by atoms with Crippen LogP contribution >= 0.6 is 11.8 Å². The highest BCUT2D eigenvalue weighted by atomic mass is 32.2. The van der Waals surface area contributed by atoms with Gasteiger partial charge in [-0.15, -0.1) is 0 Å². The van der Waals surface area contributed by atoms with Gasteiger partial charge >= 0.3 is 0 Å². The van der Waals surface area contributed by atoms with Crippen LogP contribution in [-0.2, 0) is 0 Å². The van der Waals surface area contributed by atoms with E-state index >= 15 is 0 Å². The monoisotopic (exact) mass is 405 g/mol. The molecule has 4 aromatic rings. The molecular formula is C27H21N2S. The lowest BCUT2D eigenvalue weighted by Gasteiger charge is -2.38. The molecule has 0 saturated carbocycles. The van der Waals surface area contributed by atoms with Crippen LogP contribution < -0.4 is 9.80 Å². The summed E-state index contributed by atoms with van der Waals surface area (Å²) in [5, 5.41) is 3.61. The van der Waals surface area contributed by atoms with Crippen molar-refractivity contribution in [1.82, 2.24) is 0 Å². The highest BCUT2D eigenvalue weighted by Gasteiger charge is 2.35. The fourth-order valence-electron chi connectivity index (χ4n) is 3.71. The van der Waals surface area contributed by atoms with Crippen LogP contribution in [0, 0.1) is 5.41 Å². The second kappa shape index (κ2) is 8.52. The molecule has 1 atom stereocenters. The summed E-state index contributed by atoms with van der Waals surface area (Å²) < 4.78 is 0. The standard InChI is InChI=1S/C27H21N2S/c1-5-13-22(14-6-1)26-21-30-27(29(26)25-19-11-4-12-20-25)28(23-15-7-2-8-16-23)24-17-9-3-10-18-24/h1-20,27H. The van der Waals surface area contributed by atoms with Crippen LogP contribution in [-0.4, -0.2) is 5.50 Å². The van der Waals surface area contributed by atoms with Crippen molar-refractivity contribution in [3.63, 3.8) is 0 Å². The summed E-state index contributed by atoms with van der Waals surface area (Å²) in [4.78, 5) is 4.75. The molecule has 1 aliphatic rings. The highest BCUT2D eigenvalue weighted by molar-refractivity contribution is 8.02. The second-order valence-corrected chi connectivity index (χ2v) is 7.87. The van der Waals surface area contributed by atoms with Crippen molar-refractivity contribution >= 4 is 34.5 Å². The quantitative estimate of drug-likeness (QED) is 0.348. The van der Waals surface area contributed by atoms with Crippen molar-refractivity contribution in [3.8, 4) is 0 Å².